The molecule has 1 saturated carbocycles. The van der Waals surface area contributed by atoms with Crippen molar-refractivity contribution in [1.82, 2.24) is 9.55 Å². The van der Waals surface area contributed by atoms with Crippen LogP contribution in [0.1, 0.15) is 37.1 Å². The number of hydrogen-bond acceptors (Lipinski definition) is 2. The largest absolute Gasteiger partial charge is 0.353 e. The van der Waals surface area contributed by atoms with Gasteiger partial charge in [0.15, 0.2) is 0 Å². The Morgan fingerprint density at radius 1 is 1.37 bits per heavy atom. The minimum Gasteiger partial charge on any atom is -0.353 e. The molecule has 1 aromatic heterocycles. The van der Waals surface area contributed by atoms with Gasteiger partial charge in [0.1, 0.15) is 0 Å². The van der Waals surface area contributed by atoms with E-state index in [9.17, 15) is 0 Å². The monoisotopic (exact) mass is 275 g/mol. The zero-order valence-corrected chi connectivity index (χ0v) is 12.0. The van der Waals surface area contributed by atoms with E-state index in [0.717, 1.165) is 22.2 Å². The predicted octanol–water partition coefficient (Wildman–Crippen LogP) is 4.03. The standard InChI is InChI=1S/C15H18ClN3/c1-10-9-19(15(17-10)18-12-7-8-12)11(2)13-5-3-4-6-14(13)16/h3-6,9,11-12H,7-8H2,1-2H3,(H,17,18). The second-order valence-corrected chi connectivity index (χ2v) is 5.64. The smallest absolute Gasteiger partial charge is 0.203 e. The molecule has 1 atom stereocenters. The Bertz CT molecular complexity index is 587. The van der Waals surface area contributed by atoms with E-state index in [1.54, 1.807) is 0 Å². The number of rotatable bonds is 4. The molecule has 0 amide bonds. The molecule has 1 aliphatic carbocycles. The van der Waals surface area contributed by atoms with Gasteiger partial charge in [0, 0.05) is 17.3 Å². The summed E-state index contributed by atoms with van der Waals surface area (Å²) in [6.07, 6.45) is 4.57. The van der Waals surface area contributed by atoms with Crippen LogP contribution in [-0.2, 0) is 0 Å². The lowest BCUT2D eigenvalue weighted by atomic mass is 10.1. The van der Waals surface area contributed by atoms with E-state index in [1.165, 1.54) is 12.8 Å². The molecule has 1 aromatic carbocycles. The van der Waals surface area contributed by atoms with Crippen LogP contribution < -0.4 is 5.32 Å². The fraction of sp³-hybridized carbons (Fsp3) is 0.400. The number of hydrogen-bond donors (Lipinski definition) is 1. The highest BCUT2D eigenvalue weighted by atomic mass is 35.5. The quantitative estimate of drug-likeness (QED) is 0.913. The lowest BCUT2D eigenvalue weighted by molar-refractivity contribution is 0.642. The van der Waals surface area contributed by atoms with Crippen molar-refractivity contribution < 1.29 is 0 Å². The van der Waals surface area contributed by atoms with Crippen LogP contribution in [0.4, 0.5) is 5.95 Å². The van der Waals surface area contributed by atoms with E-state index >= 15 is 0 Å². The normalized spacial score (nSPS) is 16.4. The summed E-state index contributed by atoms with van der Waals surface area (Å²) >= 11 is 6.29. The third-order valence-electron chi connectivity index (χ3n) is 3.54. The van der Waals surface area contributed by atoms with E-state index in [2.05, 4.69) is 34.1 Å². The zero-order chi connectivity index (χ0) is 13.4. The van der Waals surface area contributed by atoms with Gasteiger partial charge in [-0.25, -0.2) is 4.98 Å². The third-order valence-corrected chi connectivity index (χ3v) is 3.88. The molecule has 3 nitrogen and oxygen atoms in total. The van der Waals surface area contributed by atoms with Crippen LogP contribution in [0.2, 0.25) is 5.02 Å². The Labute approximate surface area is 118 Å². The summed E-state index contributed by atoms with van der Waals surface area (Å²) in [5, 5.41) is 4.29. The number of aromatic nitrogens is 2. The molecule has 0 radical (unpaired) electrons. The first-order valence-corrected chi connectivity index (χ1v) is 7.09. The summed E-state index contributed by atoms with van der Waals surface area (Å²) in [4.78, 5) is 4.58. The molecule has 4 heteroatoms. The topological polar surface area (TPSA) is 29.9 Å². The van der Waals surface area contributed by atoms with Gasteiger partial charge in [0.2, 0.25) is 5.95 Å². The summed E-state index contributed by atoms with van der Waals surface area (Å²) in [6, 6.07) is 8.76. The van der Waals surface area contributed by atoms with Gasteiger partial charge < -0.3 is 9.88 Å². The molecule has 0 saturated heterocycles. The van der Waals surface area contributed by atoms with Gasteiger partial charge in [-0.3, -0.25) is 0 Å². The highest BCUT2D eigenvalue weighted by Crippen LogP contribution is 2.30. The molecular formula is C15H18ClN3. The Kier molecular flexibility index (Phi) is 3.23. The Morgan fingerprint density at radius 3 is 2.79 bits per heavy atom. The third kappa shape index (κ3) is 2.61. The average Bonchev–Trinajstić information content (AvgIpc) is 3.12. The molecule has 3 rings (SSSR count). The summed E-state index contributed by atoms with van der Waals surface area (Å²) in [7, 11) is 0. The van der Waals surface area contributed by atoms with Crippen LogP contribution in [-0.4, -0.2) is 15.6 Å². The van der Waals surface area contributed by atoms with Crippen molar-refractivity contribution in [3.63, 3.8) is 0 Å². The van der Waals surface area contributed by atoms with E-state index in [4.69, 9.17) is 11.6 Å². The highest BCUT2D eigenvalue weighted by Gasteiger charge is 2.24. The number of anilines is 1. The summed E-state index contributed by atoms with van der Waals surface area (Å²) < 4.78 is 2.18. The molecule has 100 valence electrons. The molecule has 2 aromatic rings. The molecule has 0 bridgehead atoms. The summed E-state index contributed by atoms with van der Waals surface area (Å²) in [5.41, 5.74) is 2.16. The minimum absolute atomic E-state index is 0.177. The van der Waals surface area contributed by atoms with Crippen molar-refractivity contribution >= 4 is 17.5 Å². The highest BCUT2D eigenvalue weighted by molar-refractivity contribution is 6.31. The number of nitrogens with zero attached hydrogens (tertiary/aromatic N) is 2. The second-order valence-electron chi connectivity index (χ2n) is 5.23. The van der Waals surface area contributed by atoms with Crippen LogP contribution in [0.5, 0.6) is 0 Å². The van der Waals surface area contributed by atoms with Gasteiger partial charge in [-0.15, -0.1) is 0 Å². The van der Waals surface area contributed by atoms with Gasteiger partial charge in [-0.1, -0.05) is 29.8 Å². The maximum absolute atomic E-state index is 6.29. The maximum Gasteiger partial charge on any atom is 0.203 e. The molecule has 19 heavy (non-hydrogen) atoms. The zero-order valence-electron chi connectivity index (χ0n) is 11.2. The van der Waals surface area contributed by atoms with Gasteiger partial charge in [0.25, 0.3) is 0 Å². The minimum atomic E-state index is 0.177. The first-order chi connectivity index (χ1) is 9.15. The number of halogens is 1. The number of nitrogens with one attached hydrogen (secondary N) is 1. The van der Waals surface area contributed by atoms with Crippen LogP contribution in [0.25, 0.3) is 0 Å². The number of imidazole rings is 1. The van der Waals surface area contributed by atoms with Crippen molar-refractivity contribution in [2.75, 3.05) is 5.32 Å². The Morgan fingerprint density at radius 2 is 2.11 bits per heavy atom. The molecule has 1 aliphatic rings. The van der Waals surface area contributed by atoms with Crippen molar-refractivity contribution in [2.45, 2.75) is 38.8 Å². The van der Waals surface area contributed by atoms with Gasteiger partial charge in [-0.2, -0.15) is 0 Å². The second kappa shape index (κ2) is 4.89. The number of aryl methyl sites for hydroxylation is 1. The van der Waals surface area contributed by atoms with Crippen molar-refractivity contribution in [3.8, 4) is 0 Å². The lowest BCUT2D eigenvalue weighted by Crippen LogP contribution is -2.13. The molecule has 1 heterocycles. The molecule has 0 aliphatic heterocycles. The molecular weight excluding hydrogens is 258 g/mol. The molecule has 1 N–H and O–H groups in total. The van der Waals surface area contributed by atoms with Crippen molar-refractivity contribution in [1.29, 1.82) is 0 Å². The van der Waals surface area contributed by atoms with Crippen LogP contribution >= 0.6 is 11.6 Å². The molecule has 1 unspecified atom stereocenters. The molecule has 1 fully saturated rings. The van der Waals surface area contributed by atoms with E-state index < -0.39 is 0 Å². The lowest BCUT2D eigenvalue weighted by Gasteiger charge is -2.18. The van der Waals surface area contributed by atoms with Crippen LogP contribution in [0.3, 0.4) is 0 Å². The van der Waals surface area contributed by atoms with E-state index in [-0.39, 0.29) is 6.04 Å². The SMILES string of the molecule is Cc1cn(C(C)c2ccccc2Cl)c(NC2CC2)n1. The summed E-state index contributed by atoms with van der Waals surface area (Å²) in [6.45, 7) is 4.17. The summed E-state index contributed by atoms with van der Waals surface area (Å²) in [5.74, 6) is 0.951. The average molecular weight is 276 g/mol. The first kappa shape index (κ1) is 12.5. The van der Waals surface area contributed by atoms with Crippen molar-refractivity contribution in [2.24, 2.45) is 0 Å². The predicted molar refractivity (Wildman–Crippen MR) is 78.9 cm³/mol. The van der Waals surface area contributed by atoms with E-state index in [1.807, 2.05) is 25.1 Å². The van der Waals surface area contributed by atoms with Crippen molar-refractivity contribution in [3.05, 3.63) is 46.7 Å². The Hall–Kier alpha value is -1.48. The Balaban J connectivity index is 1.94. The van der Waals surface area contributed by atoms with E-state index in [0.29, 0.717) is 6.04 Å². The molecule has 0 spiro atoms. The fourth-order valence-electron chi connectivity index (χ4n) is 2.29. The maximum atomic E-state index is 6.29. The van der Waals surface area contributed by atoms with Crippen LogP contribution in [0, 0.1) is 6.92 Å². The van der Waals surface area contributed by atoms with Gasteiger partial charge in [0.05, 0.1) is 11.7 Å². The fourth-order valence-corrected chi connectivity index (χ4v) is 2.59. The van der Waals surface area contributed by atoms with Gasteiger partial charge >= 0.3 is 0 Å². The van der Waals surface area contributed by atoms with Gasteiger partial charge in [-0.05, 0) is 38.3 Å². The van der Waals surface area contributed by atoms with Crippen LogP contribution in [0.15, 0.2) is 30.5 Å². The number of benzene rings is 1. The first-order valence-electron chi connectivity index (χ1n) is 6.71.